The van der Waals surface area contributed by atoms with Crippen molar-refractivity contribution in [2.24, 2.45) is 0 Å². The molecule has 30 nitrogen and oxygen atoms in total. The first-order valence-corrected chi connectivity index (χ1v) is 30.2. The summed E-state index contributed by atoms with van der Waals surface area (Å²) in [7, 11) is -5.15. The Bertz CT molecular complexity index is 4200. The smallest absolute Gasteiger partial charge is 0.465 e. The number of halogens is 8. The van der Waals surface area contributed by atoms with Crippen molar-refractivity contribution in [2.45, 2.75) is 37.4 Å². The molecule has 5 aromatic carbocycles. The average Bonchev–Trinajstić information content (AvgIpc) is 1.57. The molecule has 4 unspecified atom stereocenters. The molecule has 9 rings (SSSR count). The number of aromatic amines is 2. The Morgan fingerprint density at radius 1 is 0.635 bits per heavy atom. The first-order valence-electron chi connectivity index (χ1n) is 26.9. The van der Waals surface area contributed by atoms with Gasteiger partial charge in [-0.1, -0.05) is 18.2 Å². The molecule has 7 aromatic rings. The molecule has 0 spiro atoms. The zero-order valence-corrected chi connectivity index (χ0v) is 51.7. The van der Waals surface area contributed by atoms with Gasteiger partial charge >= 0.3 is 64.4 Å². The highest BCUT2D eigenvalue weighted by atomic mass is 35.5. The van der Waals surface area contributed by atoms with Crippen LogP contribution in [-0.4, -0.2) is 105 Å². The van der Waals surface area contributed by atoms with Crippen LogP contribution < -0.4 is 30.2 Å². The largest absolute Gasteiger partial charge is 0.735 e. The number of methoxy groups -OCH3 is 2. The average molecular weight is 1430 g/mol. The van der Waals surface area contributed by atoms with Gasteiger partial charge in [0, 0.05) is 80.9 Å². The van der Waals surface area contributed by atoms with Crippen LogP contribution in [-0.2, 0) is 72.6 Å². The summed E-state index contributed by atoms with van der Waals surface area (Å²) in [6.45, 7) is -2.01. The Kier molecular flexibility index (Phi) is 20.9. The number of nitro groups is 2. The van der Waals surface area contributed by atoms with Crippen molar-refractivity contribution >= 4 is 144 Å². The molecule has 4 atom stereocenters. The van der Waals surface area contributed by atoms with Gasteiger partial charge in [0.05, 0.1) is 69.0 Å². The number of nitrogens with zero attached hydrogens (tertiary/aromatic N) is 4. The van der Waals surface area contributed by atoms with E-state index in [0.717, 1.165) is 84.7 Å². The number of aromatic nitrogens is 2. The van der Waals surface area contributed by atoms with Crippen LogP contribution in [0.1, 0.15) is 77.3 Å². The summed E-state index contributed by atoms with van der Waals surface area (Å²) in [5.41, 5.74) is -8.39. The molecule has 0 bridgehead atoms. The zero-order valence-electron chi connectivity index (χ0n) is 48.4. The third-order valence-corrected chi connectivity index (χ3v) is 15.6. The molecular weight excluding hydrogens is 1380 g/mol. The van der Waals surface area contributed by atoms with Gasteiger partial charge in [-0.05, 0) is 88.0 Å². The number of rotatable bonds is 22. The zero-order chi connectivity index (χ0) is 69.8. The van der Waals surface area contributed by atoms with E-state index in [2.05, 4.69) is 39.7 Å². The Morgan fingerprint density at radius 3 is 1.35 bits per heavy atom. The third-order valence-electron chi connectivity index (χ3n) is 14.4. The number of alkyl halides is 8. The molecule has 0 radical (unpaired) electrons. The van der Waals surface area contributed by atoms with Crippen LogP contribution in [0.5, 0.6) is 11.5 Å². The van der Waals surface area contributed by atoms with E-state index in [9.17, 15) is 84.5 Å². The number of H-pyrrole nitrogens is 2. The minimum Gasteiger partial charge on any atom is -0.465 e. The van der Waals surface area contributed by atoms with E-state index in [1.807, 2.05) is 0 Å². The van der Waals surface area contributed by atoms with E-state index in [0.29, 0.717) is 11.1 Å². The van der Waals surface area contributed by atoms with Crippen molar-refractivity contribution in [1.29, 1.82) is 0 Å². The number of fused-ring (bicyclic) bond motifs is 6. The number of esters is 2. The maximum absolute atomic E-state index is 14.8. The number of carbonyl (C=O) groups excluding carboxylic acids is 6. The second-order valence-electron chi connectivity index (χ2n) is 20.2. The molecule has 6 N–H and O–H groups in total. The molecule has 0 saturated heterocycles. The van der Waals surface area contributed by atoms with Gasteiger partial charge in [0.15, 0.2) is 0 Å². The van der Waals surface area contributed by atoms with Crippen molar-refractivity contribution in [1.82, 2.24) is 9.97 Å². The number of benzene rings is 5. The van der Waals surface area contributed by atoms with Crippen molar-refractivity contribution < 1.29 is 122 Å². The second-order valence-corrected chi connectivity index (χ2v) is 22.1. The Morgan fingerprint density at radius 2 is 1.02 bits per heavy atom. The molecule has 2 aliphatic heterocycles. The van der Waals surface area contributed by atoms with Crippen LogP contribution in [0.15, 0.2) is 84.9 Å². The maximum atomic E-state index is 14.8. The van der Waals surface area contributed by atoms with Crippen molar-refractivity contribution in [3.8, 4) is 11.5 Å². The number of amides is 4. The standard InChI is InChI=1S/C56H40Cl2F6N8O22P2/c1-87-51(75)45-43-41-29(19-57)21-69(35(41)17-31(47(43)67-49(45)55(59,60)61)65-53(77)89-23-27-6-10-33(71(79)80)37(15-27)91-93-95(83)84)39(73)12-8-25-4-3-5-26(14-25)9-13-40(74)70-22-30(20-58)42-36(70)18-32(48-44(42)46(52(76)88-2)50(68-48)56(62,63)64)66-54(78)90-24-28-7-11-34(72(81)82)38(16-28)92-94-96(85)86/h3-18,29-30H,19-24H2,1-2H3,(H4-2,65,66,67,68,75,76,77,78,83,84,85,86)/p+2/b12-8+,13-9+. The Balaban J connectivity index is 0.995. The molecule has 0 fully saturated rings. The fourth-order valence-corrected chi connectivity index (χ4v) is 11.3. The number of ether oxygens (including phenoxy) is 4. The van der Waals surface area contributed by atoms with Gasteiger partial charge in [0.1, 0.15) is 34.0 Å². The van der Waals surface area contributed by atoms with E-state index < -0.39 is 178 Å². The lowest BCUT2D eigenvalue weighted by molar-refractivity contribution is -0.387. The molecule has 2 aromatic heterocycles. The summed E-state index contributed by atoms with van der Waals surface area (Å²) in [4.78, 5) is 137. The van der Waals surface area contributed by atoms with E-state index in [4.69, 9.17) is 51.9 Å². The first-order chi connectivity index (χ1) is 45.5. The van der Waals surface area contributed by atoms with Crippen molar-refractivity contribution in [2.75, 3.05) is 59.5 Å². The van der Waals surface area contributed by atoms with Crippen LogP contribution in [0.4, 0.5) is 70.1 Å². The highest BCUT2D eigenvalue weighted by molar-refractivity contribution is 7.32. The lowest BCUT2D eigenvalue weighted by Gasteiger charge is -2.18. The summed E-state index contributed by atoms with van der Waals surface area (Å²) < 4.78 is 139. The lowest BCUT2D eigenvalue weighted by Crippen LogP contribution is -2.28. The predicted molar refractivity (Wildman–Crippen MR) is 322 cm³/mol. The van der Waals surface area contributed by atoms with E-state index >= 15 is 0 Å². The Labute approximate surface area is 543 Å². The molecule has 0 aliphatic carbocycles. The SMILES string of the molecule is COC(=O)c1c(C(F)(F)F)[nH]c2c(NC(=O)OCc3ccc([N+](=O)[O-])c(OO[P+](=O)O)c3)cc3c(c12)C(CCl)CN3C(=O)/C=C/c1cccc(/C=C/C(=O)N2CC(CCl)c3c2cc(NC(=O)OCc2ccc([N+](=O)[O-])c(OO[P+](=O)O)c2)c2[nH]c(C(F)(F)F)c(C(=O)OC)c32)c1. The van der Waals surface area contributed by atoms with E-state index in [1.165, 1.54) is 36.4 Å². The molecule has 4 amide bonds. The van der Waals surface area contributed by atoms with Crippen LogP contribution in [0.25, 0.3) is 34.0 Å². The van der Waals surface area contributed by atoms with Gasteiger partial charge < -0.3 is 38.7 Å². The number of hydrogen-bond acceptors (Lipinski definition) is 20. The van der Waals surface area contributed by atoms with Gasteiger partial charge in [-0.25, -0.2) is 19.2 Å². The topological polar surface area (TPSA) is 399 Å². The fourth-order valence-electron chi connectivity index (χ4n) is 10.5. The lowest BCUT2D eigenvalue weighted by atomic mass is 9.95. The molecular formula is C56H42Cl2F6N8O22P2+2. The third kappa shape index (κ3) is 14.9. The monoisotopic (exact) mass is 1420 g/mol. The number of nitro benzene ring substituents is 2. The highest BCUT2D eigenvalue weighted by Gasteiger charge is 2.46. The number of anilines is 4. The summed E-state index contributed by atoms with van der Waals surface area (Å²) in [6.07, 6.45) is -8.46. The van der Waals surface area contributed by atoms with Crippen molar-refractivity contribution in [3.05, 3.63) is 161 Å². The number of carbonyl (C=O) groups is 6. The fraction of sp³-hybridized carbons (Fsp3) is 0.214. The van der Waals surface area contributed by atoms with E-state index in [-0.39, 0.29) is 58.5 Å². The van der Waals surface area contributed by atoms with Gasteiger partial charge in [0.2, 0.25) is 11.5 Å². The van der Waals surface area contributed by atoms with Crippen LogP contribution in [0.2, 0.25) is 0 Å². The van der Waals surface area contributed by atoms with Crippen molar-refractivity contribution in [3.63, 3.8) is 0 Å². The minimum absolute atomic E-state index is 0.0283. The normalized spacial score (nSPS) is 14.8. The highest BCUT2D eigenvalue weighted by Crippen LogP contribution is 2.51. The van der Waals surface area contributed by atoms with Crippen LogP contribution in [0, 0.1) is 20.2 Å². The molecule has 2 aliphatic rings. The van der Waals surface area contributed by atoms with E-state index in [1.54, 1.807) is 0 Å². The Hall–Kier alpha value is -10.3. The minimum atomic E-state index is -5.25. The van der Waals surface area contributed by atoms with Gasteiger partial charge in [-0.2, -0.15) is 26.3 Å². The maximum Gasteiger partial charge on any atom is 0.735 e. The first kappa shape index (κ1) is 70.0. The van der Waals surface area contributed by atoms with Gasteiger partial charge in [-0.15, -0.1) is 33.0 Å². The summed E-state index contributed by atoms with van der Waals surface area (Å²) in [5, 5.41) is 26.7. The van der Waals surface area contributed by atoms with Crippen LogP contribution in [0.3, 0.4) is 0 Å². The second kappa shape index (κ2) is 28.7. The summed E-state index contributed by atoms with van der Waals surface area (Å²) in [5.74, 6) is -8.53. The molecule has 96 heavy (non-hydrogen) atoms. The van der Waals surface area contributed by atoms with Gasteiger partial charge in [0.25, 0.3) is 11.8 Å². The van der Waals surface area contributed by atoms with Gasteiger partial charge in [-0.3, -0.25) is 50.2 Å². The quantitative estimate of drug-likeness (QED) is 0.00422. The predicted octanol–water partition coefficient (Wildman–Crippen LogP) is 12.3. The van der Waals surface area contributed by atoms with Crippen LogP contribution >= 0.6 is 39.7 Å². The molecule has 502 valence electrons. The summed E-state index contributed by atoms with van der Waals surface area (Å²) >= 11 is 12.8. The summed E-state index contributed by atoms with van der Waals surface area (Å²) in [6, 6.07) is 14.1. The number of hydrogen-bond donors (Lipinski definition) is 6. The molecule has 4 heterocycles. The number of nitrogens with one attached hydrogen (secondary N) is 4. The molecule has 40 heteroatoms. The molecule has 0 saturated carbocycles.